The number of carboxylic acid groups (broad SMARTS) is 1. The molecule has 18 heavy (non-hydrogen) atoms. The molecule has 1 aliphatic heterocycles. The van der Waals surface area contributed by atoms with E-state index in [0.717, 1.165) is 13.1 Å². The summed E-state index contributed by atoms with van der Waals surface area (Å²) in [6, 6.07) is 0.602. The van der Waals surface area contributed by atoms with Crippen molar-refractivity contribution in [3.05, 3.63) is 0 Å². The highest BCUT2D eigenvalue weighted by Gasteiger charge is 2.42. The van der Waals surface area contributed by atoms with Gasteiger partial charge < -0.3 is 5.11 Å². The van der Waals surface area contributed by atoms with Gasteiger partial charge >= 0.3 is 5.97 Å². The smallest absolute Gasteiger partial charge is 0.308 e. The first-order valence-electron chi connectivity index (χ1n) is 7.27. The molecule has 2 fully saturated rings. The highest BCUT2D eigenvalue weighted by Crippen LogP contribution is 2.42. The lowest BCUT2D eigenvalue weighted by atomic mass is 9.70. The first-order chi connectivity index (χ1) is 8.30. The van der Waals surface area contributed by atoms with Gasteiger partial charge in [-0.25, -0.2) is 0 Å². The number of likely N-dealkylation sites (tertiary alicyclic amines) is 1. The number of rotatable bonds is 2. The van der Waals surface area contributed by atoms with Crippen LogP contribution >= 0.6 is 0 Å². The molecule has 1 aliphatic carbocycles. The van der Waals surface area contributed by atoms with Crippen molar-refractivity contribution in [2.45, 2.75) is 53.0 Å². The molecule has 3 nitrogen and oxygen atoms in total. The number of carboxylic acids is 1. The van der Waals surface area contributed by atoms with Gasteiger partial charge in [0.05, 0.1) is 5.92 Å². The third-order valence-electron chi connectivity index (χ3n) is 5.08. The number of carbonyl (C=O) groups is 1. The van der Waals surface area contributed by atoms with Gasteiger partial charge in [0.2, 0.25) is 0 Å². The Morgan fingerprint density at radius 2 is 1.89 bits per heavy atom. The van der Waals surface area contributed by atoms with E-state index < -0.39 is 5.97 Å². The van der Waals surface area contributed by atoms with Crippen LogP contribution in [0.3, 0.4) is 0 Å². The molecule has 3 heteroatoms. The summed E-state index contributed by atoms with van der Waals surface area (Å²) < 4.78 is 0. The van der Waals surface area contributed by atoms with Crippen molar-refractivity contribution in [1.29, 1.82) is 0 Å². The van der Waals surface area contributed by atoms with Gasteiger partial charge in [-0.05, 0) is 36.5 Å². The van der Waals surface area contributed by atoms with E-state index in [1.807, 2.05) is 0 Å². The second-order valence-corrected chi connectivity index (χ2v) is 7.33. The van der Waals surface area contributed by atoms with E-state index in [4.69, 9.17) is 0 Å². The molecular formula is C15H27NO2. The normalized spacial score (nSPS) is 40.9. The molecule has 0 radical (unpaired) electrons. The van der Waals surface area contributed by atoms with Gasteiger partial charge in [0.25, 0.3) is 0 Å². The van der Waals surface area contributed by atoms with Crippen molar-refractivity contribution in [2.75, 3.05) is 13.1 Å². The molecule has 104 valence electrons. The lowest BCUT2D eigenvalue weighted by molar-refractivity contribution is -0.142. The Hall–Kier alpha value is -0.570. The summed E-state index contributed by atoms with van der Waals surface area (Å²) in [4.78, 5) is 13.6. The zero-order chi connectivity index (χ0) is 13.5. The molecule has 1 N–H and O–H groups in total. The first kappa shape index (κ1) is 13.9. The van der Waals surface area contributed by atoms with Gasteiger partial charge in [-0.3, -0.25) is 9.69 Å². The van der Waals surface area contributed by atoms with Crippen LogP contribution < -0.4 is 0 Å². The van der Waals surface area contributed by atoms with Gasteiger partial charge in [-0.15, -0.1) is 0 Å². The molecule has 0 spiro atoms. The molecule has 1 heterocycles. The van der Waals surface area contributed by atoms with Crippen molar-refractivity contribution in [3.63, 3.8) is 0 Å². The fourth-order valence-electron chi connectivity index (χ4n) is 4.07. The maximum atomic E-state index is 11.2. The molecule has 4 atom stereocenters. The summed E-state index contributed by atoms with van der Waals surface area (Å²) in [6.07, 6.45) is 3.76. The van der Waals surface area contributed by atoms with E-state index in [2.05, 4.69) is 32.6 Å². The Bertz CT molecular complexity index is 326. The van der Waals surface area contributed by atoms with Crippen molar-refractivity contribution in [3.8, 4) is 0 Å². The first-order valence-corrected chi connectivity index (χ1v) is 7.27. The van der Waals surface area contributed by atoms with Crippen LogP contribution in [-0.4, -0.2) is 35.1 Å². The minimum atomic E-state index is -0.617. The third-order valence-corrected chi connectivity index (χ3v) is 5.08. The summed E-state index contributed by atoms with van der Waals surface area (Å²) in [5, 5.41) is 9.22. The maximum absolute atomic E-state index is 11.2. The number of nitrogens with zero attached hydrogens (tertiary/aromatic N) is 1. The van der Waals surface area contributed by atoms with Crippen LogP contribution in [0.5, 0.6) is 0 Å². The Morgan fingerprint density at radius 1 is 1.22 bits per heavy atom. The van der Waals surface area contributed by atoms with E-state index in [1.54, 1.807) is 0 Å². The zero-order valence-corrected chi connectivity index (χ0v) is 12.1. The largest absolute Gasteiger partial charge is 0.481 e. The van der Waals surface area contributed by atoms with Crippen LogP contribution in [0.1, 0.15) is 47.0 Å². The predicted octanol–water partition coefficient (Wildman–Crippen LogP) is 2.85. The maximum Gasteiger partial charge on any atom is 0.308 e. The molecule has 0 bridgehead atoms. The molecule has 1 saturated carbocycles. The van der Waals surface area contributed by atoms with Crippen molar-refractivity contribution in [2.24, 2.45) is 23.2 Å². The minimum absolute atomic E-state index is 0.160. The fourth-order valence-corrected chi connectivity index (χ4v) is 4.07. The average molecular weight is 253 g/mol. The summed E-state index contributed by atoms with van der Waals surface area (Å²) in [5.74, 6) is 0.207. The summed E-state index contributed by atoms with van der Waals surface area (Å²) in [5.41, 5.74) is 0.466. The van der Waals surface area contributed by atoms with Gasteiger partial charge in [0, 0.05) is 19.1 Å². The summed E-state index contributed by atoms with van der Waals surface area (Å²) in [6.45, 7) is 10.8. The van der Waals surface area contributed by atoms with Crippen LogP contribution in [-0.2, 0) is 4.79 Å². The lowest BCUT2D eigenvalue weighted by Crippen LogP contribution is -2.44. The average Bonchev–Trinajstić information content (AvgIpc) is 2.58. The number of hydrogen-bond donors (Lipinski definition) is 1. The molecule has 0 aromatic rings. The van der Waals surface area contributed by atoms with Gasteiger partial charge in [0.1, 0.15) is 0 Å². The zero-order valence-electron chi connectivity index (χ0n) is 12.1. The van der Waals surface area contributed by atoms with E-state index in [0.29, 0.717) is 23.3 Å². The molecule has 2 rings (SSSR count). The quantitative estimate of drug-likeness (QED) is 0.822. The second kappa shape index (κ2) is 4.84. The van der Waals surface area contributed by atoms with E-state index in [1.165, 1.54) is 19.3 Å². The van der Waals surface area contributed by atoms with Crippen molar-refractivity contribution >= 4 is 5.97 Å². The summed E-state index contributed by atoms with van der Waals surface area (Å²) in [7, 11) is 0. The van der Waals surface area contributed by atoms with E-state index >= 15 is 0 Å². The molecule has 0 aromatic carbocycles. The van der Waals surface area contributed by atoms with Crippen LogP contribution in [0.2, 0.25) is 0 Å². The minimum Gasteiger partial charge on any atom is -0.481 e. The highest BCUT2D eigenvalue weighted by atomic mass is 16.4. The van der Waals surface area contributed by atoms with Crippen molar-refractivity contribution < 1.29 is 9.90 Å². The van der Waals surface area contributed by atoms with Crippen LogP contribution in [0, 0.1) is 23.2 Å². The number of hydrogen-bond acceptors (Lipinski definition) is 2. The van der Waals surface area contributed by atoms with Crippen LogP contribution in [0.4, 0.5) is 0 Å². The molecule has 1 saturated heterocycles. The molecule has 4 unspecified atom stereocenters. The van der Waals surface area contributed by atoms with Gasteiger partial charge in [-0.1, -0.05) is 27.7 Å². The molecule has 0 amide bonds. The van der Waals surface area contributed by atoms with Gasteiger partial charge in [0.15, 0.2) is 0 Å². The van der Waals surface area contributed by atoms with Gasteiger partial charge in [-0.2, -0.15) is 0 Å². The topological polar surface area (TPSA) is 40.5 Å². The lowest BCUT2D eigenvalue weighted by Gasteiger charge is -2.43. The third kappa shape index (κ3) is 2.71. The fraction of sp³-hybridized carbons (Fsp3) is 0.933. The highest BCUT2D eigenvalue weighted by molar-refractivity contribution is 5.71. The Balaban J connectivity index is 2.00. The monoisotopic (exact) mass is 253 g/mol. The van der Waals surface area contributed by atoms with Crippen molar-refractivity contribution in [1.82, 2.24) is 4.90 Å². The Morgan fingerprint density at radius 3 is 2.39 bits per heavy atom. The molecule has 2 aliphatic rings. The molecule has 0 aromatic heterocycles. The number of aliphatic carboxylic acids is 1. The standard InChI is InChI=1S/C15H27NO2/c1-10-7-15(3,4)6-5-13(10)16-8-11(2)12(9-16)14(17)18/h10-13H,5-9H2,1-4H3,(H,17,18). The van der Waals surface area contributed by atoms with E-state index in [9.17, 15) is 9.90 Å². The van der Waals surface area contributed by atoms with Crippen LogP contribution in [0.15, 0.2) is 0 Å². The Kier molecular flexibility index (Phi) is 3.72. The van der Waals surface area contributed by atoms with Crippen LogP contribution in [0.25, 0.3) is 0 Å². The Labute approximate surface area is 111 Å². The summed E-state index contributed by atoms with van der Waals surface area (Å²) >= 11 is 0. The SMILES string of the molecule is CC1CN(C2CCC(C)(C)CC2C)CC1C(=O)O. The second-order valence-electron chi connectivity index (χ2n) is 7.33. The molecular weight excluding hydrogens is 226 g/mol. The van der Waals surface area contributed by atoms with E-state index in [-0.39, 0.29) is 5.92 Å². The predicted molar refractivity (Wildman–Crippen MR) is 72.4 cm³/mol.